The van der Waals surface area contributed by atoms with Gasteiger partial charge in [0.05, 0.1) is 4.90 Å². The molecule has 1 aromatic rings. The third-order valence-corrected chi connectivity index (χ3v) is 4.47. The molecule has 0 aliphatic carbocycles. The van der Waals surface area contributed by atoms with Gasteiger partial charge in [-0.3, -0.25) is 0 Å². The molecular formula is C13H23N3O2S. The van der Waals surface area contributed by atoms with Crippen LogP contribution in [-0.2, 0) is 10.0 Å². The van der Waals surface area contributed by atoms with Crippen molar-refractivity contribution in [3.8, 4) is 0 Å². The second-order valence-electron chi connectivity index (χ2n) is 4.85. The first-order valence-corrected chi connectivity index (χ1v) is 7.78. The third kappa shape index (κ3) is 4.81. The molecule has 19 heavy (non-hydrogen) atoms. The van der Waals surface area contributed by atoms with Crippen molar-refractivity contribution < 1.29 is 8.42 Å². The van der Waals surface area contributed by atoms with Crippen LogP contribution in [0, 0.1) is 0 Å². The van der Waals surface area contributed by atoms with Crippen LogP contribution < -0.4 is 10.6 Å². The molecule has 0 fully saturated rings. The zero-order valence-corrected chi connectivity index (χ0v) is 12.8. The SMILES string of the molecule is CC(C)NCCNc1ccc(S(=O)(=O)N(C)C)cc1. The number of hydrogen-bond acceptors (Lipinski definition) is 4. The van der Waals surface area contributed by atoms with Crippen molar-refractivity contribution in [2.75, 3.05) is 32.5 Å². The van der Waals surface area contributed by atoms with Crippen molar-refractivity contribution in [2.24, 2.45) is 0 Å². The summed E-state index contributed by atoms with van der Waals surface area (Å²) in [6.45, 7) is 5.87. The first-order valence-electron chi connectivity index (χ1n) is 6.34. The van der Waals surface area contributed by atoms with Crippen molar-refractivity contribution in [3.05, 3.63) is 24.3 Å². The van der Waals surface area contributed by atoms with E-state index in [1.165, 1.54) is 18.4 Å². The summed E-state index contributed by atoms with van der Waals surface area (Å²) in [5.74, 6) is 0. The van der Waals surface area contributed by atoms with E-state index in [1.54, 1.807) is 24.3 Å². The van der Waals surface area contributed by atoms with Crippen LogP contribution in [0.15, 0.2) is 29.2 Å². The lowest BCUT2D eigenvalue weighted by Gasteiger charge is -2.13. The van der Waals surface area contributed by atoms with Gasteiger partial charge >= 0.3 is 0 Å². The highest BCUT2D eigenvalue weighted by Crippen LogP contribution is 2.16. The van der Waals surface area contributed by atoms with Crippen LogP contribution >= 0.6 is 0 Å². The van der Waals surface area contributed by atoms with E-state index in [-0.39, 0.29) is 0 Å². The fourth-order valence-corrected chi connectivity index (χ4v) is 2.42. The summed E-state index contributed by atoms with van der Waals surface area (Å²) in [6.07, 6.45) is 0. The number of benzene rings is 1. The maximum Gasteiger partial charge on any atom is 0.242 e. The molecule has 0 saturated carbocycles. The maximum atomic E-state index is 11.9. The Morgan fingerprint density at radius 3 is 2.16 bits per heavy atom. The minimum atomic E-state index is -3.34. The summed E-state index contributed by atoms with van der Waals surface area (Å²) < 4.78 is 25.0. The molecule has 0 aliphatic rings. The molecule has 0 heterocycles. The predicted octanol–water partition coefficient (Wildman–Crippen LogP) is 1.35. The van der Waals surface area contributed by atoms with E-state index in [1.807, 2.05) is 0 Å². The topological polar surface area (TPSA) is 61.4 Å². The van der Waals surface area contributed by atoms with Crippen LogP contribution in [0.3, 0.4) is 0 Å². The molecule has 2 N–H and O–H groups in total. The van der Waals surface area contributed by atoms with E-state index in [2.05, 4.69) is 24.5 Å². The molecule has 1 aromatic carbocycles. The molecule has 6 heteroatoms. The van der Waals surface area contributed by atoms with Crippen LogP contribution in [0.2, 0.25) is 0 Å². The monoisotopic (exact) mass is 285 g/mol. The van der Waals surface area contributed by atoms with E-state index in [4.69, 9.17) is 0 Å². The molecule has 5 nitrogen and oxygen atoms in total. The number of nitrogens with zero attached hydrogens (tertiary/aromatic N) is 1. The van der Waals surface area contributed by atoms with E-state index in [0.29, 0.717) is 10.9 Å². The Labute approximate surface area is 116 Å². The van der Waals surface area contributed by atoms with Crippen LogP contribution in [0.4, 0.5) is 5.69 Å². The van der Waals surface area contributed by atoms with Gasteiger partial charge in [0.25, 0.3) is 0 Å². The standard InChI is InChI=1S/C13H23N3O2S/c1-11(2)14-9-10-15-12-5-7-13(8-6-12)19(17,18)16(3)4/h5-8,11,14-15H,9-10H2,1-4H3. The lowest BCUT2D eigenvalue weighted by Crippen LogP contribution is -2.28. The van der Waals surface area contributed by atoms with E-state index >= 15 is 0 Å². The molecule has 0 unspecified atom stereocenters. The van der Waals surface area contributed by atoms with E-state index < -0.39 is 10.0 Å². The minimum Gasteiger partial charge on any atom is -0.384 e. The van der Waals surface area contributed by atoms with Crippen LogP contribution in [0.5, 0.6) is 0 Å². The van der Waals surface area contributed by atoms with Gasteiger partial charge in [-0.25, -0.2) is 12.7 Å². The second kappa shape index (κ2) is 6.88. The molecule has 0 atom stereocenters. The fourth-order valence-electron chi connectivity index (χ4n) is 1.52. The Morgan fingerprint density at radius 1 is 1.11 bits per heavy atom. The second-order valence-corrected chi connectivity index (χ2v) is 7.00. The molecule has 1 rings (SSSR count). The Bertz CT molecular complexity index is 481. The van der Waals surface area contributed by atoms with E-state index in [0.717, 1.165) is 18.8 Å². The Morgan fingerprint density at radius 2 is 1.68 bits per heavy atom. The Kier molecular flexibility index (Phi) is 5.78. The first kappa shape index (κ1) is 15.9. The number of anilines is 1. The number of nitrogens with one attached hydrogen (secondary N) is 2. The average molecular weight is 285 g/mol. The van der Waals surface area contributed by atoms with Gasteiger partial charge in [0.15, 0.2) is 0 Å². The van der Waals surface area contributed by atoms with Gasteiger partial charge < -0.3 is 10.6 Å². The highest BCUT2D eigenvalue weighted by Gasteiger charge is 2.16. The maximum absolute atomic E-state index is 11.9. The smallest absolute Gasteiger partial charge is 0.242 e. The van der Waals surface area contributed by atoms with Gasteiger partial charge in [0, 0.05) is 38.9 Å². The number of sulfonamides is 1. The fraction of sp³-hybridized carbons (Fsp3) is 0.538. The van der Waals surface area contributed by atoms with Gasteiger partial charge in [0.2, 0.25) is 10.0 Å². The largest absolute Gasteiger partial charge is 0.384 e. The van der Waals surface area contributed by atoms with Crippen molar-refractivity contribution in [1.82, 2.24) is 9.62 Å². The molecule has 0 radical (unpaired) electrons. The van der Waals surface area contributed by atoms with Crippen LogP contribution in [0.1, 0.15) is 13.8 Å². The number of rotatable bonds is 7. The highest BCUT2D eigenvalue weighted by atomic mass is 32.2. The van der Waals surface area contributed by atoms with Crippen molar-refractivity contribution >= 4 is 15.7 Å². The summed E-state index contributed by atoms with van der Waals surface area (Å²) >= 11 is 0. The van der Waals surface area contributed by atoms with Crippen LogP contribution in [0.25, 0.3) is 0 Å². The van der Waals surface area contributed by atoms with Gasteiger partial charge in [-0.2, -0.15) is 0 Å². The average Bonchev–Trinajstić information content (AvgIpc) is 2.35. The van der Waals surface area contributed by atoms with Gasteiger partial charge in [-0.1, -0.05) is 13.8 Å². The summed E-state index contributed by atoms with van der Waals surface area (Å²) in [7, 11) is -0.283. The molecule has 108 valence electrons. The summed E-state index contributed by atoms with van der Waals surface area (Å²) in [5.41, 5.74) is 0.920. The summed E-state index contributed by atoms with van der Waals surface area (Å²) in [4.78, 5) is 0.309. The molecule has 0 amide bonds. The lowest BCUT2D eigenvalue weighted by molar-refractivity contribution is 0.521. The van der Waals surface area contributed by atoms with E-state index in [9.17, 15) is 8.42 Å². The third-order valence-electron chi connectivity index (χ3n) is 2.64. The molecule has 0 spiro atoms. The molecule has 0 saturated heterocycles. The lowest BCUT2D eigenvalue weighted by atomic mass is 10.3. The first-order chi connectivity index (χ1) is 8.84. The van der Waals surface area contributed by atoms with Gasteiger partial charge in [0.1, 0.15) is 0 Å². The predicted molar refractivity (Wildman–Crippen MR) is 78.9 cm³/mol. The van der Waals surface area contributed by atoms with Crippen LogP contribution in [-0.4, -0.2) is 45.9 Å². The highest BCUT2D eigenvalue weighted by molar-refractivity contribution is 7.89. The summed E-state index contributed by atoms with van der Waals surface area (Å²) in [5, 5.41) is 6.54. The van der Waals surface area contributed by atoms with Crippen molar-refractivity contribution in [1.29, 1.82) is 0 Å². The number of hydrogen-bond donors (Lipinski definition) is 2. The minimum absolute atomic E-state index is 0.309. The normalized spacial score (nSPS) is 12.1. The zero-order valence-electron chi connectivity index (χ0n) is 12.0. The molecule has 0 aliphatic heterocycles. The Hall–Kier alpha value is -1.11. The quantitative estimate of drug-likeness (QED) is 0.742. The van der Waals surface area contributed by atoms with Gasteiger partial charge in [-0.05, 0) is 24.3 Å². The molecular weight excluding hydrogens is 262 g/mol. The molecule has 0 aromatic heterocycles. The van der Waals surface area contributed by atoms with Crippen molar-refractivity contribution in [2.45, 2.75) is 24.8 Å². The zero-order chi connectivity index (χ0) is 14.5. The Balaban J connectivity index is 2.58. The van der Waals surface area contributed by atoms with Gasteiger partial charge in [-0.15, -0.1) is 0 Å². The summed E-state index contributed by atoms with van der Waals surface area (Å²) in [6, 6.07) is 7.27. The molecule has 0 bridgehead atoms. The van der Waals surface area contributed by atoms with Crippen molar-refractivity contribution in [3.63, 3.8) is 0 Å².